The molecule has 7 heteroatoms. The third kappa shape index (κ3) is 3.51. The number of hydrogen-bond acceptors (Lipinski definition) is 2. The van der Waals surface area contributed by atoms with Crippen molar-refractivity contribution in [2.45, 2.75) is 23.2 Å². The van der Waals surface area contributed by atoms with Crippen molar-refractivity contribution in [1.29, 1.82) is 0 Å². The number of alkyl halides is 3. The first kappa shape index (κ1) is 16.7. The van der Waals surface area contributed by atoms with E-state index in [4.69, 9.17) is 0 Å². The first-order chi connectivity index (χ1) is 11.3. The minimum atomic E-state index is -4.44. The van der Waals surface area contributed by atoms with Gasteiger partial charge in [-0.15, -0.1) is 11.8 Å². The number of amides is 2. The molecule has 0 fully saturated rings. The molecule has 1 aliphatic heterocycles. The molecule has 0 unspecified atom stereocenters. The quantitative estimate of drug-likeness (QED) is 0.761. The number of hydrogen-bond donors (Lipinski definition) is 1. The van der Waals surface area contributed by atoms with Gasteiger partial charge in [0.25, 0.3) is 0 Å². The van der Waals surface area contributed by atoms with Gasteiger partial charge in [-0.1, -0.05) is 25.1 Å². The number of thioether (sulfide) groups is 1. The summed E-state index contributed by atoms with van der Waals surface area (Å²) in [5.41, 5.74) is 0.103. The summed E-state index contributed by atoms with van der Waals surface area (Å²) in [5, 5.41) is 2.76. The zero-order valence-electron chi connectivity index (χ0n) is 12.8. The van der Waals surface area contributed by atoms with E-state index < -0.39 is 17.8 Å². The number of fused-ring (bicyclic) bond motifs is 1. The van der Waals surface area contributed by atoms with Crippen LogP contribution in [0, 0.1) is 0 Å². The summed E-state index contributed by atoms with van der Waals surface area (Å²) >= 11 is 1.67. The highest BCUT2D eigenvalue weighted by Crippen LogP contribution is 2.38. The molecule has 24 heavy (non-hydrogen) atoms. The fraction of sp³-hybridized carbons (Fsp3) is 0.235. The van der Waals surface area contributed by atoms with Crippen LogP contribution in [0.4, 0.5) is 29.3 Å². The van der Waals surface area contributed by atoms with Gasteiger partial charge in [-0.2, -0.15) is 13.2 Å². The topological polar surface area (TPSA) is 32.3 Å². The minimum absolute atomic E-state index is 0.123. The molecular formula is C17H15F3N2OS. The van der Waals surface area contributed by atoms with Crippen LogP contribution in [0.15, 0.2) is 53.4 Å². The van der Waals surface area contributed by atoms with Gasteiger partial charge in [0.05, 0.1) is 11.3 Å². The highest BCUT2D eigenvalue weighted by atomic mass is 32.2. The van der Waals surface area contributed by atoms with Gasteiger partial charge in [0, 0.05) is 22.4 Å². The van der Waals surface area contributed by atoms with Gasteiger partial charge in [0.1, 0.15) is 0 Å². The van der Waals surface area contributed by atoms with Crippen molar-refractivity contribution in [2.75, 3.05) is 16.8 Å². The van der Waals surface area contributed by atoms with E-state index in [9.17, 15) is 18.0 Å². The van der Waals surface area contributed by atoms with E-state index in [0.29, 0.717) is 6.54 Å². The number of para-hydroxylation sites is 1. The van der Waals surface area contributed by atoms with Crippen molar-refractivity contribution in [3.05, 3.63) is 54.1 Å². The Morgan fingerprint density at radius 1 is 1.21 bits per heavy atom. The lowest BCUT2D eigenvalue weighted by Gasteiger charge is -2.32. The Morgan fingerprint density at radius 3 is 2.71 bits per heavy atom. The Balaban J connectivity index is 1.83. The molecule has 1 N–H and O–H groups in total. The Kier molecular flexibility index (Phi) is 4.45. The van der Waals surface area contributed by atoms with E-state index in [2.05, 4.69) is 5.32 Å². The van der Waals surface area contributed by atoms with Crippen molar-refractivity contribution >= 4 is 29.2 Å². The first-order valence-corrected chi connectivity index (χ1v) is 8.24. The smallest absolute Gasteiger partial charge is 0.308 e. The molecule has 0 aromatic heterocycles. The summed E-state index contributed by atoms with van der Waals surface area (Å²) in [4.78, 5) is 15.1. The van der Waals surface area contributed by atoms with E-state index in [0.717, 1.165) is 22.7 Å². The van der Waals surface area contributed by atoms with Crippen molar-refractivity contribution in [3.63, 3.8) is 0 Å². The average Bonchev–Trinajstić information content (AvgIpc) is 2.53. The van der Waals surface area contributed by atoms with E-state index in [-0.39, 0.29) is 10.9 Å². The molecule has 0 spiro atoms. The number of anilines is 2. The lowest BCUT2D eigenvalue weighted by atomic mass is 10.2. The van der Waals surface area contributed by atoms with Gasteiger partial charge < -0.3 is 5.32 Å². The molecule has 3 rings (SSSR count). The standard InChI is InChI=1S/C17H15F3N2OS/c1-11-10-22(14-7-2-3-8-15(14)24-11)16(23)21-13-6-4-5-12(9-13)17(18,19)20/h2-9,11H,10H2,1H3,(H,21,23)/t11-/m0/s1. The van der Waals surface area contributed by atoms with Crippen LogP contribution in [0.3, 0.4) is 0 Å². The molecule has 0 saturated heterocycles. The van der Waals surface area contributed by atoms with Crippen LogP contribution in [0.1, 0.15) is 12.5 Å². The number of halogens is 3. The van der Waals surface area contributed by atoms with Crippen molar-refractivity contribution in [1.82, 2.24) is 0 Å². The SMILES string of the molecule is C[C@H]1CN(C(=O)Nc2cccc(C(F)(F)F)c2)c2ccccc2S1. The molecule has 0 saturated carbocycles. The van der Waals surface area contributed by atoms with Crippen LogP contribution < -0.4 is 10.2 Å². The normalized spacial score (nSPS) is 17.3. The largest absolute Gasteiger partial charge is 0.416 e. The fourth-order valence-electron chi connectivity index (χ4n) is 2.55. The van der Waals surface area contributed by atoms with E-state index in [1.807, 2.05) is 31.2 Å². The Morgan fingerprint density at radius 2 is 1.96 bits per heavy atom. The maximum atomic E-state index is 12.8. The summed E-state index contributed by atoms with van der Waals surface area (Å²) in [7, 11) is 0. The predicted molar refractivity (Wildman–Crippen MR) is 89.6 cm³/mol. The molecular weight excluding hydrogens is 337 g/mol. The van der Waals surface area contributed by atoms with E-state index in [1.165, 1.54) is 12.1 Å². The summed E-state index contributed by atoms with van der Waals surface area (Å²) in [6, 6.07) is 11.7. The average molecular weight is 352 g/mol. The molecule has 0 aliphatic carbocycles. The highest BCUT2D eigenvalue weighted by molar-refractivity contribution is 8.00. The molecule has 2 aromatic carbocycles. The summed E-state index contributed by atoms with van der Waals surface area (Å²) < 4.78 is 38.3. The molecule has 3 nitrogen and oxygen atoms in total. The van der Waals surface area contributed by atoms with Crippen molar-refractivity contribution < 1.29 is 18.0 Å². The Bertz CT molecular complexity index is 763. The van der Waals surface area contributed by atoms with Crippen LogP contribution in [-0.2, 0) is 6.18 Å². The van der Waals surface area contributed by atoms with Gasteiger partial charge >= 0.3 is 12.2 Å². The third-order valence-corrected chi connectivity index (χ3v) is 4.76. The second-order valence-electron chi connectivity index (χ2n) is 5.52. The molecule has 1 atom stereocenters. The zero-order valence-corrected chi connectivity index (χ0v) is 13.6. The monoisotopic (exact) mass is 352 g/mol. The molecule has 0 bridgehead atoms. The predicted octanol–water partition coefficient (Wildman–Crippen LogP) is 5.24. The molecule has 1 heterocycles. The Hall–Kier alpha value is -2.15. The second kappa shape index (κ2) is 6.39. The second-order valence-corrected chi connectivity index (χ2v) is 7.00. The first-order valence-electron chi connectivity index (χ1n) is 7.36. The number of carbonyl (C=O) groups is 1. The number of nitrogens with zero attached hydrogens (tertiary/aromatic N) is 1. The number of rotatable bonds is 1. The number of urea groups is 1. The van der Waals surface area contributed by atoms with Gasteiger partial charge in [-0.25, -0.2) is 4.79 Å². The van der Waals surface area contributed by atoms with Crippen LogP contribution in [0.5, 0.6) is 0 Å². The number of benzene rings is 2. The molecule has 2 aromatic rings. The van der Waals surface area contributed by atoms with E-state index >= 15 is 0 Å². The summed E-state index contributed by atoms with van der Waals surface area (Å²) in [5.74, 6) is 0. The number of nitrogens with one attached hydrogen (secondary N) is 1. The molecule has 1 aliphatic rings. The van der Waals surface area contributed by atoms with Gasteiger partial charge in [0.15, 0.2) is 0 Å². The number of carbonyl (C=O) groups excluding carboxylic acids is 1. The zero-order chi connectivity index (χ0) is 17.3. The third-order valence-electron chi connectivity index (χ3n) is 3.61. The molecule has 126 valence electrons. The van der Waals surface area contributed by atoms with Crippen LogP contribution in [-0.4, -0.2) is 17.8 Å². The fourth-order valence-corrected chi connectivity index (χ4v) is 3.66. The van der Waals surface area contributed by atoms with Crippen LogP contribution in [0.2, 0.25) is 0 Å². The maximum Gasteiger partial charge on any atom is 0.416 e. The van der Waals surface area contributed by atoms with Crippen LogP contribution >= 0.6 is 11.8 Å². The summed E-state index contributed by atoms with van der Waals surface area (Å²) in [6.45, 7) is 2.50. The van der Waals surface area contributed by atoms with Crippen molar-refractivity contribution in [2.24, 2.45) is 0 Å². The van der Waals surface area contributed by atoms with Gasteiger partial charge in [-0.3, -0.25) is 4.90 Å². The molecule has 0 radical (unpaired) electrons. The lowest BCUT2D eigenvalue weighted by Crippen LogP contribution is -2.41. The Labute approximate surface area is 141 Å². The van der Waals surface area contributed by atoms with Gasteiger partial charge in [-0.05, 0) is 30.3 Å². The molecule has 2 amide bonds. The maximum absolute atomic E-state index is 12.8. The lowest BCUT2D eigenvalue weighted by molar-refractivity contribution is -0.137. The van der Waals surface area contributed by atoms with E-state index in [1.54, 1.807) is 16.7 Å². The summed E-state index contributed by atoms with van der Waals surface area (Å²) in [6.07, 6.45) is -4.44. The van der Waals surface area contributed by atoms with Crippen LogP contribution in [0.25, 0.3) is 0 Å². The van der Waals surface area contributed by atoms with Gasteiger partial charge in [0.2, 0.25) is 0 Å². The highest BCUT2D eigenvalue weighted by Gasteiger charge is 2.31. The minimum Gasteiger partial charge on any atom is -0.308 e. The van der Waals surface area contributed by atoms with Crippen molar-refractivity contribution in [3.8, 4) is 0 Å².